The van der Waals surface area contributed by atoms with Gasteiger partial charge in [0.25, 0.3) is 0 Å². The molecule has 0 amide bonds. The van der Waals surface area contributed by atoms with Crippen LogP contribution in [0.4, 0.5) is 0 Å². The molecule has 0 bridgehead atoms. The Morgan fingerprint density at radius 3 is 2.48 bits per heavy atom. The summed E-state index contributed by atoms with van der Waals surface area (Å²) in [6.45, 7) is 7.23. The van der Waals surface area contributed by atoms with Crippen molar-refractivity contribution in [2.24, 2.45) is 0 Å². The van der Waals surface area contributed by atoms with Crippen molar-refractivity contribution in [2.75, 3.05) is 20.1 Å². The van der Waals surface area contributed by atoms with Gasteiger partial charge in [0.1, 0.15) is 0 Å². The zero-order chi connectivity index (χ0) is 16.2. The molecule has 1 atom stereocenters. The molecule has 21 heavy (non-hydrogen) atoms. The number of sulfonamides is 1. The van der Waals surface area contributed by atoms with Crippen LogP contribution >= 0.6 is 31.9 Å². The number of aryl methyl sites for hydroxylation is 1. The average Bonchev–Trinajstić information content (AvgIpc) is 2.41. The molecule has 0 saturated carbocycles. The van der Waals surface area contributed by atoms with E-state index in [1.54, 1.807) is 12.1 Å². The molecule has 4 nitrogen and oxygen atoms in total. The second-order valence-corrected chi connectivity index (χ2v) is 8.61. The second kappa shape index (κ2) is 8.06. The summed E-state index contributed by atoms with van der Waals surface area (Å²) in [6, 6.07) is 3.86. The van der Waals surface area contributed by atoms with Gasteiger partial charge >= 0.3 is 0 Å². The lowest BCUT2D eigenvalue weighted by Gasteiger charge is -2.23. The molecule has 0 aliphatic carbocycles. The fourth-order valence-corrected chi connectivity index (χ4v) is 4.50. The normalized spacial score (nSPS) is 13.7. The first-order valence-corrected chi connectivity index (χ1v) is 9.91. The Hall–Kier alpha value is 0.0500. The minimum absolute atomic E-state index is 0.256. The summed E-state index contributed by atoms with van der Waals surface area (Å²) in [5.41, 5.74) is 0.984. The lowest BCUT2D eigenvalue weighted by Crippen LogP contribution is -2.37. The molecule has 7 heteroatoms. The first-order chi connectivity index (χ1) is 9.69. The van der Waals surface area contributed by atoms with Crippen LogP contribution in [0, 0.1) is 6.92 Å². The van der Waals surface area contributed by atoms with E-state index in [-0.39, 0.29) is 4.90 Å². The van der Waals surface area contributed by atoms with Gasteiger partial charge in [0.15, 0.2) is 0 Å². The van der Waals surface area contributed by atoms with Gasteiger partial charge in [-0.05, 0) is 60.9 Å². The van der Waals surface area contributed by atoms with Crippen molar-refractivity contribution < 1.29 is 8.42 Å². The lowest BCUT2D eigenvalue weighted by molar-refractivity contribution is 0.256. The van der Waals surface area contributed by atoms with Crippen LogP contribution in [0.25, 0.3) is 0 Å². The van der Waals surface area contributed by atoms with Crippen LogP contribution in [0.3, 0.4) is 0 Å². The van der Waals surface area contributed by atoms with Crippen LogP contribution in [-0.4, -0.2) is 39.5 Å². The fourth-order valence-electron chi connectivity index (χ4n) is 1.80. The van der Waals surface area contributed by atoms with Gasteiger partial charge in [0.2, 0.25) is 10.0 Å². The monoisotopic (exact) mass is 440 g/mol. The zero-order valence-corrected chi connectivity index (χ0v) is 16.8. The van der Waals surface area contributed by atoms with E-state index in [0.717, 1.165) is 16.5 Å². The maximum absolute atomic E-state index is 12.4. The highest BCUT2D eigenvalue weighted by Crippen LogP contribution is 2.28. The Morgan fingerprint density at radius 1 is 1.29 bits per heavy atom. The van der Waals surface area contributed by atoms with E-state index >= 15 is 0 Å². The summed E-state index contributed by atoms with van der Waals surface area (Å²) in [7, 11) is -1.51. The molecule has 1 aromatic carbocycles. The van der Waals surface area contributed by atoms with Crippen molar-refractivity contribution in [3.8, 4) is 0 Å². The molecular formula is C14H22Br2N2O2S. The number of rotatable bonds is 7. The Balaban J connectivity index is 2.77. The molecule has 0 heterocycles. The summed E-state index contributed by atoms with van der Waals surface area (Å²) in [4.78, 5) is 2.40. The predicted molar refractivity (Wildman–Crippen MR) is 94.2 cm³/mol. The molecule has 1 rings (SSSR count). The first-order valence-electron chi connectivity index (χ1n) is 6.84. The topological polar surface area (TPSA) is 49.4 Å². The quantitative estimate of drug-likeness (QED) is 0.703. The third-order valence-corrected chi connectivity index (χ3v) is 6.88. The third kappa shape index (κ3) is 5.32. The number of nitrogens with zero attached hydrogens (tertiary/aromatic N) is 1. The molecular weight excluding hydrogens is 420 g/mol. The molecule has 1 N–H and O–H groups in total. The van der Waals surface area contributed by atoms with Gasteiger partial charge in [-0.15, -0.1) is 0 Å². The fraction of sp³-hybridized carbons (Fsp3) is 0.571. The van der Waals surface area contributed by atoms with Crippen LogP contribution in [0.15, 0.2) is 26.0 Å². The van der Waals surface area contributed by atoms with E-state index in [2.05, 4.69) is 55.3 Å². The highest BCUT2D eigenvalue weighted by Gasteiger charge is 2.19. The van der Waals surface area contributed by atoms with E-state index in [1.807, 2.05) is 14.0 Å². The van der Waals surface area contributed by atoms with Gasteiger partial charge in [0, 0.05) is 28.1 Å². The molecule has 0 saturated heterocycles. The summed E-state index contributed by atoms with van der Waals surface area (Å²) in [5, 5.41) is 0. The maximum atomic E-state index is 12.4. The minimum Gasteiger partial charge on any atom is -0.302 e. The van der Waals surface area contributed by atoms with Crippen LogP contribution < -0.4 is 4.72 Å². The molecule has 0 aliphatic rings. The molecule has 1 aromatic rings. The van der Waals surface area contributed by atoms with Gasteiger partial charge in [-0.3, -0.25) is 0 Å². The van der Waals surface area contributed by atoms with Gasteiger partial charge in [-0.2, -0.15) is 0 Å². The summed E-state index contributed by atoms with van der Waals surface area (Å²) in [6.07, 6.45) is 1.04. The average molecular weight is 442 g/mol. The number of likely N-dealkylation sites (N-methyl/N-ethyl adjacent to an activating group) is 1. The Kier molecular flexibility index (Phi) is 7.33. The number of benzene rings is 1. The summed E-state index contributed by atoms with van der Waals surface area (Å²) in [5.74, 6) is 0. The smallest absolute Gasteiger partial charge is 0.241 e. The highest BCUT2D eigenvalue weighted by molar-refractivity contribution is 9.11. The van der Waals surface area contributed by atoms with E-state index < -0.39 is 10.0 Å². The van der Waals surface area contributed by atoms with Crippen LogP contribution in [-0.2, 0) is 10.0 Å². The third-order valence-electron chi connectivity index (χ3n) is 3.60. The minimum atomic E-state index is -3.51. The Bertz CT molecular complexity index is 591. The first kappa shape index (κ1) is 19.1. The van der Waals surface area contributed by atoms with Crippen LogP contribution in [0.2, 0.25) is 0 Å². The molecule has 1 unspecified atom stereocenters. The standard InChI is InChI=1S/C14H22Br2N2O2S/c1-5-11(3)18(4)7-6-17-21(19,20)14-9-12(15)10(2)8-13(14)16/h8-9,11,17H,5-7H2,1-4H3. The molecule has 0 spiro atoms. The van der Waals surface area contributed by atoms with E-state index in [9.17, 15) is 8.42 Å². The zero-order valence-electron chi connectivity index (χ0n) is 12.8. The largest absolute Gasteiger partial charge is 0.302 e. The Morgan fingerprint density at radius 2 is 1.90 bits per heavy atom. The molecule has 0 fully saturated rings. The number of halogens is 2. The molecule has 0 aliphatic heterocycles. The van der Waals surface area contributed by atoms with E-state index in [0.29, 0.717) is 23.6 Å². The predicted octanol–water partition coefficient (Wildman–Crippen LogP) is 3.53. The van der Waals surface area contributed by atoms with Gasteiger partial charge in [-0.1, -0.05) is 22.9 Å². The van der Waals surface area contributed by atoms with Crippen LogP contribution in [0.1, 0.15) is 25.8 Å². The molecule has 0 aromatic heterocycles. The van der Waals surface area contributed by atoms with Gasteiger partial charge < -0.3 is 4.90 Å². The highest BCUT2D eigenvalue weighted by atomic mass is 79.9. The van der Waals surface area contributed by atoms with Crippen molar-refractivity contribution >= 4 is 41.9 Å². The second-order valence-electron chi connectivity index (χ2n) is 5.17. The Labute approximate surface area is 144 Å². The van der Waals surface area contributed by atoms with Crippen molar-refractivity contribution in [3.63, 3.8) is 0 Å². The van der Waals surface area contributed by atoms with Gasteiger partial charge in [-0.25, -0.2) is 13.1 Å². The lowest BCUT2D eigenvalue weighted by atomic mass is 10.2. The molecule has 120 valence electrons. The van der Waals surface area contributed by atoms with Crippen molar-refractivity contribution in [1.29, 1.82) is 0 Å². The summed E-state index contributed by atoms with van der Waals surface area (Å²) < 4.78 is 28.7. The van der Waals surface area contributed by atoms with Crippen molar-refractivity contribution in [3.05, 3.63) is 26.6 Å². The van der Waals surface area contributed by atoms with Gasteiger partial charge in [0.05, 0.1) is 4.90 Å². The van der Waals surface area contributed by atoms with Crippen LogP contribution in [0.5, 0.6) is 0 Å². The van der Waals surface area contributed by atoms with E-state index in [1.165, 1.54) is 0 Å². The molecule has 0 radical (unpaired) electrons. The van der Waals surface area contributed by atoms with E-state index in [4.69, 9.17) is 0 Å². The number of hydrogen-bond acceptors (Lipinski definition) is 3. The number of nitrogens with one attached hydrogen (secondary N) is 1. The number of hydrogen-bond donors (Lipinski definition) is 1. The van der Waals surface area contributed by atoms with Crippen molar-refractivity contribution in [1.82, 2.24) is 9.62 Å². The SMILES string of the molecule is CCC(C)N(C)CCNS(=O)(=O)c1cc(Br)c(C)cc1Br. The van der Waals surface area contributed by atoms with Crippen molar-refractivity contribution in [2.45, 2.75) is 38.1 Å². The summed E-state index contributed by atoms with van der Waals surface area (Å²) >= 11 is 6.69. The maximum Gasteiger partial charge on any atom is 0.241 e.